The summed E-state index contributed by atoms with van der Waals surface area (Å²) in [5.74, 6) is -1.28. The Labute approximate surface area is 138 Å². The van der Waals surface area contributed by atoms with Crippen LogP contribution in [0.4, 0.5) is 0 Å². The molecule has 0 radical (unpaired) electrons. The molecule has 0 aromatic rings. The van der Waals surface area contributed by atoms with Crippen molar-refractivity contribution in [3.8, 4) is 0 Å². The number of carbonyl (C=O) groups excluding carboxylic acids is 3. The van der Waals surface area contributed by atoms with Crippen LogP contribution in [0.2, 0.25) is 0 Å². The van der Waals surface area contributed by atoms with Gasteiger partial charge in [0.2, 0.25) is 0 Å². The van der Waals surface area contributed by atoms with E-state index in [2.05, 4.69) is 30.2 Å². The SMILES string of the molecule is C=CC=CC(=O)[NH][Sb]([NH]C(=O)C=CC=C)[NH]C(=O)C=CC=C. The Balaban J connectivity index is 4.84. The van der Waals surface area contributed by atoms with Gasteiger partial charge in [-0.2, -0.15) is 0 Å². The summed E-state index contributed by atoms with van der Waals surface area (Å²) in [6.07, 6.45) is 12.4. The third-order valence-electron chi connectivity index (χ3n) is 1.82. The molecular formula is C15H18N3O3Sb. The summed E-state index contributed by atoms with van der Waals surface area (Å²) in [6.45, 7) is 10.3. The van der Waals surface area contributed by atoms with Gasteiger partial charge < -0.3 is 0 Å². The first kappa shape index (κ1) is 19.7. The molecular weight excluding hydrogens is 392 g/mol. The molecule has 116 valence electrons. The van der Waals surface area contributed by atoms with Crippen LogP contribution in [0.25, 0.3) is 0 Å². The average Bonchev–Trinajstić information content (AvgIpc) is 2.48. The Bertz CT molecular complexity index is 460. The van der Waals surface area contributed by atoms with Crippen LogP contribution in [0, 0.1) is 0 Å². The molecule has 7 heteroatoms. The first-order valence-corrected chi connectivity index (χ1v) is 9.95. The molecule has 0 saturated heterocycles. The Morgan fingerprint density at radius 2 is 0.909 bits per heavy atom. The zero-order valence-electron chi connectivity index (χ0n) is 12.0. The second-order valence-corrected chi connectivity index (χ2v) is 7.38. The number of rotatable bonds is 9. The third kappa shape index (κ3) is 10.5. The summed E-state index contributed by atoms with van der Waals surface area (Å²) in [7, 11) is 0. The van der Waals surface area contributed by atoms with E-state index in [0.717, 1.165) is 0 Å². The second kappa shape index (κ2) is 12.4. The van der Waals surface area contributed by atoms with E-state index < -0.39 is 38.8 Å². The summed E-state index contributed by atoms with van der Waals surface area (Å²) >= 11 is -3.07. The molecule has 0 bridgehead atoms. The van der Waals surface area contributed by atoms with Crippen LogP contribution < -0.4 is 10.4 Å². The van der Waals surface area contributed by atoms with Gasteiger partial charge in [-0.15, -0.1) is 0 Å². The molecule has 0 atom stereocenters. The van der Waals surface area contributed by atoms with E-state index in [0.29, 0.717) is 0 Å². The van der Waals surface area contributed by atoms with Gasteiger partial charge in [0.1, 0.15) is 0 Å². The molecule has 22 heavy (non-hydrogen) atoms. The molecule has 0 spiro atoms. The number of hydrogen-bond acceptors (Lipinski definition) is 3. The van der Waals surface area contributed by atoms with Crippen molar-refractivity contribution in [2.24, 2.45) is 0 Å². The maximum atomic E-state index is 11.6. The molecule has 0 aliphatic heterocycles. The minimum atomic E-state index is -3.07. The van der Waals surface area contributed by atoms with Gasteiger partial charge in [-0.25, -0.2) is 0 Å². The number of carbonyl (C=O) groups is 3. The monoisotopic (exact) mass is 409 g/mol. The minimum absolute atomic E-state index is 0.427. The fraction of sp³-hybridized carbons (Fsp3) is 0. The Hall–Kier alpha value is -2.33. The van der Waals surface area contributed by atoms with Crippen molar-refractivity contribution in [1.82, 2.24) is 10.4 Å². The molecule has 6 nitrogen and oxygen atoms in total. The van der Waals surface area contributed by atoms with Crippen molar-refractivity contribution >= 4 is 38.8 Å². The maximum absolute atomic E-state index is 11.6. The van der Waals surface area contributed by atoms with E-state index in [1.807, 2.05) is 0 Å². The van der Waals surface area contributed by atoms with Gasteiger partial charge in [0.25, 0.3) is 0 Å². The first-order valence-electron chi connectivity index (χ1n) is 6.12. The van der Waals surface area contributed by atoms with Gasteiger partial charge in [0, 0.05) is 0 Å². The zero-order chi connectivity index (χ0) is 16.8. The normalized spacial score (nSPS) is 10.8. The first-order chi connectivity index (χ1) is 10.5. The number of amides is 3. The Kier molecular flexibility index (Phi) is 11.1. The van der Waals surface area contributed by atoms with E-state index in [9.17, 15) is 14.4 Å². The van der Waals surface area contributed by atoms with Crippen molar-refractivity contribution in [1.29, 1.82) is 0 Å². The van der Waals surface area contributed by atoms with Gasteiger partial charge in [-0.05, 0) is 0 Å². The molecule has 0 aliphatic rings. The van der Waals surface area contributed by atoms with Crippen molar-refractivity contribution in [3.63, 3.8) is 0 Å². The number of hydrogen-bond donors (Lipinski definition) is 3. The predicted molar refractivity (Wildman–Crippen MR) is 88.2 cm³/mol. The van der Waals surface area contributed by atoms with Crippen LogP contribution in [0.15, 0.2) is 74.4 Å². The quantitative estimate of drug-likeness (QED) is 0.295. The number of nitrogens with one attached hydrogen (secondary N) is 3. The Morgan fingerprint density at radius 3 is 1.14 bits per heavy atom. The molecule has 0 aliphatic carbocycles. The fourth-order valence-electron chi connectivity index (χ4n) is 0.993. The number of allylic oxidation sites excluding steroid dienone is 6. The summed E-state index contributed by atoms with van der Waals surface area (Å²) in [5, 5.41) is 0. The summed E-state index contributed by atoms with van der Waals surface area (Å²) in [6, 6.07) is 0. The van der Waals surface area contributed by atoms with E-state index in [1.165, 1.54) is 54.7 Å². The molecule has 0 aromatic carbocycles. The van der Waals surface area contributed by atoms with Crippen LogP contribution in [-0.2, 0) is 14.4 Å². The molecule has 3 N–H and O–H groups in total. The fourth-order valence-corrected chi connectivity index (χ4v) is 4.00. The zero-order valence-corrected chi connectivity index (χ0v) is 14.5. The van der Waals surface area contributed by atoms with Gasteiger partial charge in [-0.3, -0.25) is 0 Å². The van der Waals surface area contributed by atoms with Gasteiger partial charge in [-0.1, -0.05) is 0 Å². The Morgan fingerprint density at radius 1 is 0.636 bits per heavy atom. The van der Waals surface area contributed by atoms with Crippen molar-refractivity contribution in [2.45, 2.75) is 0 Å². The van der Waals surface area contributed by atoms with E-state index in [1.54, 1.807) is 0 Å². The van der Waals surface area contributed by atoms with Crippen LogP contribution >= 0.6 is 0 Å². The van der Waals surface area contributed by atoms with Gasteiger partial charge in [0.15, 0.2) is 0 Å². The van der Waals surface area contributed by atoms with Crippen LogP contribution in [0.3, 0.4) is 0 Å². The topological polar surface area (TPSA) is 87.3 Å². The van der Waals surface area contributed by atoms with E-state index in [-0.39, 0.29) is 0 Å². The molecule has 0 unspecified atom stereocenters. The summed E-state index contributed by atoms with van der Waals surface area (Å²) in [5.41, 5.74) is 0. The third-order valence-corrected chi connectivity index (χ3v) is 5.62. The molecule has 0 saturated carbocycles. The van der Waals surface area contributed by atoms with Crippen molar-refractivity contribution < 1.29 is 14.4 Å². The van der Waals surface area contributed by atoms with E-state index in [4.69, 9.17) is 0 Å². The van der Waals surface area contributed by atoms with Crippen LogP contribution in [0.1, 0.15) is 0 Å². The molecule has 0 fully saturated rings. The standard InChI is InChI=1S/3C5H7NO.Sb/c3*1-2-3-4-5(6)7;/h3*2-4H,1H2,(H2,6,7);/q;;;+3/p-3. The molecule has 0 rings (SSSR count). The summed E-state index contributed by atoms with van der Waals surface area (Å²) in [4.78, 5) is 34.9. The van der Waals surface area contributed by atoms with Gasteiger partial charge in [0.05, 0.1) is 0 Å². The molecule has 0 heterocycles. The summed E-state index contributed by atoms with van der Waals surface area (Å²) < 4.78 is 7.78. The van der Waals surface area contributed by atoms with Crippen LogP contribution in [0.5, 0.6) is 0 Å². The molecule has 0 aromatic heterocycles. The van der Waals surface area contributed by atoms with Gasteiger partial charge >= 0.3 is 138 Å². The van der Waals surface area contributed by atoms with Crippen LogP contribution in [-0.4, -0.2) is 38.8 Å². The van der Waals surface area contributed by atoms with Crippen molar-refractivity contribution in [3.05, 3.63) is 74.4 Å². The average molecular weight is 410 g/mol. The second-order valence-electron chi connectivity index (χ2n) is 3.55. The van der Waals surface area contributed by atoms with Crippen molar-refractivity contribution in [2.75, 3.05) is 0 Å². The predicted octanol–water partition coefficient (Wildman–Crippen LogP) is 0.546. The van der Waals surface area contributed by atoms with E-state index >= 15 is 0 Å². The molecule has 3 amide bonds.